The SMILES string of the molecule is CCC(CC)(CN)NC(=O)c1cc2c(C(C)C)nn(C)c2s1.Cl. The van der Waals surface area contributed by atoms with Gasteiger partial charge in [0, 0.05) is 19.0 Å². The maximum Gasteiger partial charge on any atom is 0.261 e. The number of carbonyl (C=O) groups excluding carboxylic acids is 1. The van der Waals surface area contributed by atoms with Crippen molar-refractivity contribution in [1.82, 2.24) is 15.1 Å². The van der Waals surface area contributed by atoms with Crippen LogP contribution in [0.4, 0.5) is 0 Å². The molecule has 0 bridgehead atoms. The fraction of sp³-hybridized carbons (Fsp3) is 0.625. The molecular weight excluding hydrogens is 332 g/mol. The Morgan fingerprint density at radius 2 is 2.04 bits per heavy atom. The second kappa shape index (κ2) is 7.64. The molecule has 0 saturated carbocycles. The third-order valence-electron chi connectivity index (χ3n) is 4.43. The van der Waals surface area contributed by atoms with E-state index in [0.29, 0.717) is 12.5 Å². The zero-order valence-electron chi connectivity index (χ0n) is 14.5. The quantitative estimate of drug-likeness (QED) is 0.830. The van der Waals surface area contributed by atoms with E-state index < -0.39 is 0 Å². The molecule has 23 heavy (non-hydrogen) atoms. The first-order valence-electron chi connectivity index (χ1n) is 7.86. The minimum absolute atomic E-state index is 0. The lowest BCUT2D eigenvalue weighted by Crippen LogP contribution is -2.52. The van der Waals surface area contributed by atoms with E-state index in [4.69, 9.17) is 5.73 Å². The maximum absolute atomic E-state index is 12.6. The van der Waals surface area contributed by atoms with Crippen LogP contribution in [-0.4, -0.2) is 27.8 Å². The largest absolute Gasteiger partial charge is 0.345 e. The third kappa shape index (κ3) is 3.70. The summed E-state index contributed by atoms with van der Waals surface area (Å²) < 4.78 is 1.86. The van der Waals surface area contributed by atoms with Crippen molar-refractivity contribution in [2.24, 2.45) is 12.8 Å². The number of fused-ring (bicyclic) bond motifs is 1. The van der Waals surface area contributed by atoms with Crippen LogP contribution in [0.2, 0.25) is 0 Å². The van der Waals surface area contributed by atoms with Crippen LogP contribution in [0.3, 0.4) is 0 Å². The fourth-order valence-corrected chi connectivity index (χ4v) is 3.65. The highest BCUT2D eigenvalue weighted by Gasteiger charge is 2.28. The van der Waals surface area contributed by atoms with Crippen molar-refractivity contribution in [1.29, 1.82) is 0 Å². The van der Waals surface area contributed by atoms with E-state index in [-0.39, 0.29) is 23.9 Å². The van der Waals surface area contributed by atoms with Gasteiger partial charge >= 0.3 is 0 Å². The number of hydrogen-bond donors (Lipinski definition) is 2. The Morgan fingerprint density at radius 1 is 1.43 bits per heavy atom. The molecule has 2 aromatic heterocycles. The second-order valence-corrected chi connectivity index (χ2v) is 7.17. The lowest BCUT2D eigenvalue weighted by molar-refractivity contribution is 0.0899. The highest BCUT2D eigenvalue weighted by Crippen LogP contribution is 2.31. The zero-order valence-corrected chi connectivity index (χ0v) is 16.1. The van der Waals surface area contributed by atoms with Crippen LogP contribution in [-0.2, 0) is 7.05 Å². The van der Waals surface area contributed by atoms with Gasteiger partial charge in [0.05, 0.1) is 16.1 Å². The normalized spacial score (nSPS) is 11.8. The van der Waals surface area contributed by atoms with Crippen LogP contribution in [0.5, 0.6) is 0 Å². The minimum atomic E-state index is -0.313. The van der Waals surface area contributed by atoms with Crippen LogP contribution >= 0.6 is 23.7 Å². The fourth-order valence-electron chi connectivity index (χ4n) is 2.67. The van der Waals surface area contributed by atoms with Crippen molar-refractivity contribution in [3.05, 3.63) is 16.6 Å². The van der Waals surface area contributed by atoms with Gasteiger partial charge in [0.15, 0.2) is 0 Å². The van der Waals surface area contributed by atoms with Crippen LogP contribution in [0.15, 0.2) is 6.07 Å². The number of hydrogen-bond acceptors (Lipinski definition) is 4. The highest BCUT2D eigenvalue weighted by molar-refractivity contribution is 7.20. The molecule has 130 valence electrons. The summed E-state index contributed by atoms with van der Waals surface area (Å²) in [6.07, 6.45) is 1.66. The van der Waals surface area contributed by atoms with Crippen LogP contribution < -0.4 is 11.1 Å². The van der Waals surface area contributed by atoms with Gasteiger partial charge in [-0.3, -0.25) is 9.48 Å². The Hall–Kier alpha value is -1.11. The standard InChI is InChI=1S/C16H26N4OS.ClH/c1-6-16(7-2,9-17)18-14(21)12-8-11-13(10(3)4)19-20(5)15(11)22-12;/h8,10H,6-7,9,17H2,1-5H3,(H,18,21);1H. The van der Waals surface area contributed by atoms with Gasteiger partial charge in [-0.1, -0.05) is 27.7 Å². The Kier molecular flexibility index (Phi) is 6.62. The third-order valence-corrected chi connectivity index (χ3v) is 5.63. The summed E-state index contributed by atoms with van der Waals surface area (Å²) in [5.41, 5.74) is 6.60. The molecule has 2 rings (SSSR count). The first-order chi connectivity index (χ1) is 10.4. The summed E-state index contributed by atoms with van der Waals surface area (Å²) in [5.74, 6) is 0.300. The molecule has 0 radical (unpaired) electrons. The summed E-state index contributed by atoms with van der Waals surface area (Å²) in [5, 5.41) is 8.76. The van der Waals surface area contributed by atoms with Gasteiger partial charge in [0.1, 0.15) is 4.83 Å². The Labute approximate surface area is 148 Å². The molecule has 7 heteroatoms. The highest BCUT2D eigenvalue weighted by atomic mass is 35.5. The van der Waals surface area contributed by atoms with Crippen molar-refractivity contribution in [3.8, 4) is 0 Å². The number of aromatic nitrogens is 2. The lowest BCUT2D eigenvalue weighted by Gasteiger charge is -2.31. The van der Waals surface area contributed by atoms with Crippen LogP contribution in [0.1, 0.15) is 61.8 Å². The average molecular weight is 359 g/mol. The molecule has 0 aromatic carbocycles. The zero-order chi connectivity index (χ0) is 16.5. The number of thiophene rings is 1. The monoisotopic (exact) mass is 358 g/mol. The topological polar surface area (TPSA) is 72.9 Å². The van der Waals surface area contributed by atoms with Gasteiger partial charge in [0.2, 0.25) is 0 Å². The number of carbonyl (C=O) groups is 1. The van der Waals surface area contributed by atoms with E-state index in [1.54, 1.807) is 0 Å². The molecule has 2 heterocycles. The molecule has 0 aliphatic rings. The van der Waals surface area contributed by atoms with Crippen LogP contribution in [0, 0.1) is 0 Å². The van der Waals surface area contributed by atoms with E-state index in [9.17, 15) is 4.79 Å². The van der Waals surface area contributed by atoms with Gasteiger partial charge < -0.3 is 11.1 Å². The van der Waals surface area contributed by atoms with E-state index in [0.717, 1.165) is 33.6 Å². The smallest absolute Gasteiger partial charge is 0.261 e. The summed E-state index contributed by atoms with van der Waals surface area (Å²) in [6.45, 7) is 8.81. The molecule has 0 atom stereocenters. The summed E-state index contributed by atoms with van der Waals surface area (Å²) in [6, 6.07) is 1.96. The predicted molar refractivity (Wildman–Crippen MR) is 99.8 cm³/mol. The average Bonchev–Trinajstić information content (AvgIpc) is 3.06. The Balaban J connectivity index is 0.00000264. The maximum atomic E-state index is 12.6. The number of nitrogens with zero attached hydrogens (tertiary/aromatic N) is 2. The molecule has 0 unspecified atom stereocenters. The van der Waals surface area contributed by atoms with Gasteiger partial charge in [0.25, 0.3) is 5.91 Å². The van der Waals surface area contributed by atoms with Crippen LogP contribution in [0.25, 0.3) is 10.2 Å². The van der Waals surface area contributed by atoms with E-state index >= 15 is 0 Å². The molecule has 0 aliphatic carbocycles. The number of nitrogens with two attached hydrogens (primary N) is 1. The number of aryl methyl sites for hydroxylation is 1. The molecular formula is C16H27ClN4OS. The molecule has 0 spiro atoms. The van der Waals surface area contributed by atoms with Crippen molar-refractivity contribution >= 4 is 39.9 Å². The number of amides is 1. The minimum Gasteiger partial charge on any atom is -0.345 e. The van der Waals surface area contributed by atoms with Gasteiger partial charge in [-0.15, -0.1) is 23.7 Å². The van der Waals surface area contributed by atoms with Gasteiger partial charge in [-0.2, -0.15) is 5.10 Å². The lowest BCUT2D eigenvalue weighted by atomic mass is 9.93. The summed E-state index contributed by atoms with van der Waals surface area (Å²) >= 11 is 1.49. The summed E-state index contributed by atoms with van der Waals surface area (Å²) in [7, 11) is 1.93. The Bertz CT molecular complexity index is 665. The molecule has 1 amide bonds. The first kappa shape index (κ1) is 19.9. The number of nitrogens with one attached hydrogen (secondary N) is 1. The van der Waals surface area contributed by atoms with Crippen molar-refractivity contribution < 1.29 is 4.79 Å². The van der Waals surface area contributed by atoms with E-state index in [1.165, 1.54) is 11.3 Å². The number of rotatable bonds is 6. The van der Waals surface area contributed by atoms with Crippen molar-refractivity contribution in [3.63, 3.8) is 0 Å². The predicted octanol–water partition coefficient (Wildman–Crippen LogP) is 3.43. The first-order valence-corrected chi connectivity index (χ1v) is 8.68. The molecule has 5 nitrogen and oxygen atoms in total. The van der Waals surface area contributed by atoms with Gasteiger partial charge in [-0.25, -0.2) is 0 Å². The molecule has 0 aliphatic heterocycles. The molecule has 0 fully saturated rings. The summed E-state index contributed by atoms with van der Waals surface area (Å²) in [4.78, 5) is 14.4. The van der Waals surface area contributed by atoms with E-state index in [2.05, 4.69) is 38.1 Å². The Morgan fingerprint density at radius 3 is 2.52 bits per heavy atom. The molecule has 3 N–H and O–H groups in total. The molecule has 0 saturated heterocycles. The molecule has 2 aromatic rings. The van der Waals surface area contributed by atoms with Crippen molar-refractivity contribution in [2.45, 2.75) is 52.0 Å². The van der Waals surface area contributed by atoms with Gasteiger partial charge in [-0.05, 0) is 24.8 Å². The van der Waals surface area contributed by atoms with E-state index in [1.807, 2.05) is 17.8 Å². The second-order valence-electron chi connectivity index (χ2n) is 6.14. The van der Waals surface area contributed by atoms with Crippen molar-refractivity contribution in [2.75, 3.05) is 6.54 Å². The number of halogens is 1.